The van der Waals surface area contributed by atoms with Crippen molar-refractivity contribution < 1.29 is 4.42 Å². The Kier molecular flexibility index (Phi) is 6.14. The Hall–Kier alpha value is -6.16. The van der Waals surface area contributed by atoms with Gasteiger partial charge >= 0.3 is 0 Å². The first-order valence-electron chi connectivity index (χ1n) is 19.0. The standard InChI is InChI=1S/C51H35NOS/c1-51(2)43-15-7-3-11-34(43)35-22-19-32(27-44(35)51)39-28-33(29-42-37-13-5-9-17-47(37)53-50(39)42)52-45-16-8-4-12-36(45)40-25-30(20-23-46(40)52)31-21-24-49-41(26-31)38-14-6-10-18-48(38)54-49/h3-7,9-15,17-29H,8,16H2,1-2H3. The monoisotopic (exact) mass is 709 g/mol. The number of nitrogens with zero attached hydrogens (tertiary/aromatic N) is 1. The summed E-state index contributed by atoms with van der Waals surface area (Å²) >= 11 is 1.87. The summed E-state index contributed by atoms with van der Waals surface area (Å²) in [5.74, 6) is 0. The normalized spacial score (nSPS) is 14.4. The maximum atomic E-state index is 6.74. The fourth-order valence-electron chi connectivity index (χ4n) is 9.63. The van der Waals surface area contributed by atoms with E-state index in [9.17, 15) is 0 Å². The molecule has 0 saturated carbocycles. The van der Waals surface area contributed by atoms with Gasteiger partial charge in [-0.25, -0.2) is 0 Å². The summed E-state index contributed by atoms with van der Waals surface area (Å²) in [7, 11) is 0. The summed E-state index contributed by atoms with van der Waals surface area (Å²) in [5.41, 5.74) is 17.1. The molecule has 0 saturated heterocycles. The second-order valence-corrected chi connectivity index (χ2v) is 16.7. The van der Waals surface area contributed by atoms with Gasteiger partial charge in [0.15, 0.2) is 0 Å². The summed E-state index contributed by atoms with van der Waals surface area (Å²) in [4.78, 5) is 0. The van der Waals surface area contributed by atoms with Crippen LogP contribution in [0.3, 0.4) is 0 Å². The smallest absolute Gasteiger partial charge is 0.143 e. The minimum absolute atomic E-state index is 0.0899. The van der Waals surface area contributed by atoms with Crippen molar-refractivity contribution in [2.75, 3.05) is 0 Å². The molecule has 0 spiro atoms. The van der Waals surface area contributed by atoms with Crippen LogP contribution in [-0.2, 0) is 11.8 Å². The van der Waals surface area contributed by atoms with Crippen molar-refractivity contribution in [3.05, 3.63) is 168 Å². The summed E-state index contributed by atoms with van der Waals surface area (Å²) in [6.07, 6.45) is 6.71. The van der Waals surface area contributed by atoms with Gasteiger partial charge in [-0.1, -0.05) is 111 Å². The van der Waals surface area contributed by atoms with E-state index in [0.717, 1.165) is 40.3 Å². The molecular weight excluding hydrogens is 675 g/mol. The zero-order valence-electron chi connectivity index (χ0n) is 30.1. The van der Waals surface area contributed by atoms with Gasteiger partial charge in [0.25, 0.3) is 0 Å². The number of furan rings is 1. The number of aromatic nitrogens is 1. The van der Waals surface area contributed by atoms with Crippen LogP contribution in [0.5, 0.6) is 0 Å². The minimum Gasteiger partial charge on any atom is -0.455 e. The van der Waals surface area contributed by atoms with Crippen molar-refractivity contribution >= 4 is 70.4 Å². The van der Waals surface area contributed by atoms with Gasteiger partial charge in [0, 0.05) is 64.3 Å². The van der Waals surface area contributed by atoms with E-state index in [4.69, 9.17) is 4.42 Å². The number of rotatable bonds is 3. The van der Waals surface area contributed by atoms with Crippen molar-refractivity contribution in [3.63, 3.8) is 0 Å². The molecule has 12 rings (SSSR count). The van der Waals surface area contributed by atoms with Crippen LogP contribution in [0.25, 0.3) is 98.2 Å². The van der Waals surface area contributed by atoms with Gasteiger partial charge in [-0.15, -0.1) is 11.3 Å². The summed E-state index contributed by atoms with van der Waals surface area (Å²) in [5, 5.41) is 6.26. The molecule has 7 aromatic carbocycles. The number of thiophene rings is 1. The van der Waals surface area contributed by atoms with E-state index in [1.807, 2.05) is 11.3 Å². The van der Waals surface area contributed by atoms with E-state index in [1.54, 1.807) is 0 Å². The van der Waals surface area contributed by atoms with Crippen LogP contribution in [-0.4, -0.2) is 4.57 Å². The lowest BCUT2D eigenvalue weighted by atomic mass is 9.81. The summed E-state index contributed by atoms with van der Waals surface area (Å²) in [6.45, 7) is 4.71. The highest BCUT2D eigenvalue weighted by Crippen LogP contribution is 2.50. The molecule has 3 aromatic heterocycles. The van der Waals surface area contributed by atoms with Crippen LogP contribution in [0.15, 0.2) is 150 Å². The first kappa shape index (κ1) is 30.3. The zero-order chi connectivity index (χ0) is 35.7. The van der Waals surface area contributed by atoms with Crippen LogP contribution < -0.4 is 0 Å². The molecule has 0 aliphatic heterocycles. The van der Waals surface area contributed by atoms with E-state index in [1.165, 1.54) is 87.0 Å². The molecule has 10 aromatic rings. The number of allylic oxidation sites excluding steroid dienone is 1. The Balaban J connectivity index is 1.08. The molecule has 3 heterocycles. The number of fused-ring (bicyclic) bond motifs is 12. The van der Waals surface area contributed by atoms with Crippen LogP contribution in [0, 0.1) is 0 Å². The Labute approximate surface area is 317 Å². The second-order valence-electron chi connectivity index (χ2n) is 15.6. The fraction of sp³-hybridized carbons (Fsp3) is 0.0980. The molecule has 0 unspecified atom stereocenters. The average Bonchev–Trinajstić information content (AvgIpc) is 3.94. The molecule has 0 N–H and O–H groups in total. The molecule has 54 heavy (non-hydrogen) atoms. The molecule has 0 bridgehead atoms. The molecular formula is C51H35NOS. The van der Waals surface area contributed by atoms with Gasteiger partial charge in [0.2, 0.25) is 0 Å². The number of hydrogen-bond donors (Lipinski definition) is 0. The summed E-state index contributed by atoms with van der Waals surface area (Å²) in [6, 6.07) is 52.0. The fourth-order valence-corrected chi connectivity index (χ4v) is 10.7. The molecule has 256 valence electrons. The Bertz CT molecular complexity index is 3250. The van der Waals surface area contributed by atoms with Crippen LogP contribution in [0.2, 0.25) is 0 Å². The molecule has 2 nitrogen and oxygen atoms in total. The topological polar surface area (TPSA) is 18.1 Å². The molecule has 0 radical (unpaired) electrons. The van der Waals surface area contributed by atoms with E-state index >= 15 is 0 Å². The predicted octanol–water partition coefficient (Wildman–Crippen LogP) is 14.5. The SMILES string of the molecule is CC1(C)c2ccccc2-c2ccc(-c3cc(-n4c5c(c6cc(-c7ccc8sc9ccccc9c8c7)ccc64)C=CCC5)cc4c3oc3ccccc34)cc21. The van der Waals surface area contributed by atoms with Gasteiger partial charge in [-0.2, -0.15) is 0 Å². The molecule has 0 amide bonds. The molecule has 2 aliphatic carbocycles. The van der Waals surface area contributed by atoms with Crippen LogP contribution >= 0.6 is 11.3 Å². The van der Waals surface area contributed by atoms with Crippen molar-refractivity contribution in [2.45, 2.75) is 32.1 Å². The maximum Gasteiger partial charge on any atom is 0.143 e. The lowest BCUT2D eigenvalue weighted by Crippen LogP contribution is -2.14. The van der Waals surface area contributed by atoms with E-state index in [2.05, 4.69) is 170 Å². The first-order chi connectivity index (χ1) is 26.5. The highest BCUT2D eigenvalue weighted by molar-refractivity contribution is 7.25. The van der Waals surface area contributed by atoms with Crippen molar-refractivity contribution in [1.29, 1.82) is 0 Å². The van der Waals surface area contributed by atoms with Gasteiger partial charge in [-0.05, 0) is 106 Å². The third-order valence-corrected chi connectivity index (χ3v) is 13.4. The molecule has 2 aliphatic rings. The Morgan fingerprint density at radius 3 is 2.24 bits per heavy atom. The Morgan fingerprint density at radius 1 is 0.574 bits per heavy atom. The quantitative estimate of drug-likeness (QED) is 0.179. The molecule has 0 fully saturated rings. The minimum atomic E-state index is -0.0899. The predicted molar refractivity (Wildman–Crippen MR) is 229 cm³/mol. The largest absolute Gasteiger partial charge is 0.455 e. The Morgan fingerprint density at radius 2 is 1.31 bits per heavy atom. The molecule has 3 heteroatoms. The number of benzene rings is 7. The highest BCUT2D eigenvalue weighted by Gasteiger charge is 2.35. The summed E-state index contributed by atoms with van der Waals surface area (Å²) < 4.78 is 11.9. The van der Waals surface area contributed by atoms with Crippen molar-refractivity contribution in [3.8, 4) is 39.1 Å². The zero-order valence-corrected chi connectivity index (χ0v) is 30.9. The van der Waals surface area contributed by atoms with Crippen molar-refractivity contribution in [1.82, 2.24) is 4.57 Å². The highest BCUT2D eigenvalue weighted by atomic mass is 32.1. The van der Waals surface area contributed by atoms with Crippen LogP contribution in [0.1, 0.15) is 42.7 Å². The van der Waals surface area contributed by atoms with E-state index < -0.39 is 0 Å². The third-order valence-electron chi connectivity index (χ3n) is 12.3. The lowest BCUT2D eigenvalue weighted by Gasteiger charge is -2.22. The van der Waals surface area contributed by atoms with Crippen LogP contribution in [0.4, 0.5) is 0 Å². The van der Waals surface area contributed by atoms with Gasteiger partial charge in [0.05, 0.1) is 5.52 Å². The second kappa shape index (κ2) is 10.9. The van der Waals surface area contributed by atoms with Crippen molar-refractivity contribution in [2.24, 2.45) is 0 Å². The van der Waals surface area contributed by atoms with Gasteiger partial charge < -0.3 is 8.98 Å². The van der Waals surface area contributed by atoms with E-state index in [-0.39, 0.29) is 5.41 Å². The van der Waals surface area contributed by atoms with Gasteiger partial charge in [0.1, 0.15) is 11.2 Å². The molecule has 0 atom stereocenters. The maximum absolute atomic E-state index is 6.74. The number of hydrogen-bond acceptors (Lipinski definition) is 2. The number of para-hydroxylation sites is 1. The first-order valence-corrected chi connectivity index (χ1v) is 19.8. The lowest BCUT2D eigenvalue weighted by molar-refractivity contribution is 0.660. The van der Waals surface area contributed by atoms with E-state index in [0.29, 0.717) is 0 Å². The van der Waals surface area contributed by atoms with Gasteiger partial charge in [-0.3, -0.25) is 0 Å². The average molecular weight is 710 g/mol. The third kappa shape index (κ3) is 4.16.